The highest BCUT2D eigenvalue weighted by molar-refractivity contribution is 7.11. The fraction of sp³-hybridized carbons (Fsp3) is 0.0612. The van der Waals surface area contributed by atoms with Crippen molar-refractivity contribution in [3.8, 4) is 29.7 Å². The molecule has 32 heteroatoms. The van der Waals surface area contributed by atoms with Crippen LogP contribution in [0.25, 0.3) is 138 Å². The Labute approximate surface area is 754 Å². The number of primary amides is 1. The Morgan fingerprint density at radius 3 is 1.21 bits per heavy atom. The normalized spacial score (nSPS) is 11.8. The predicted octanol–water partition coefficient (Wildman–Crippen LogP) is 22.3. The van der Waals surface area contributed by atoms with Crippen LogP contribution < -0.4 is 25.8 Å². The van der Waals surface area contributed by atoms with E-state index in [1.54, 1.807) is 131 Å². The number of thiophene rings is 4. The van der Waals surface area contributed by atoms with Crippen molar-refractivity contribution in [2.45, 2.75) is 25.4 Å². The molecule has 8 aromatic carbocycles. The van der Waals surface area contributed by atoms with Gasteiger partial charge in [0, 0.05) is 25.6 Å². The number of nitrogens with zero attached hydrogens (tertiary/aromatic N) is 9. The number of aromatic nitrogens is 12. The van der Waals surface area contributed by atoms with Gasteiger partial charge < -0.3 is 30.3 Å². The number of hydrogen-bond donors (Lipinski definition) is 9. The summed E-state index contributed by atoms with van der Waals surface area (Å²) in [5, 5.41) is 85.1. The molecule has 0 unspecified atom stereocenters. The molecule has 0 aliphatic heterocycles. The quantitative estimate of drug-likeness (QED) is 0.0320. The summed E-state index contributed by atoms with van der Waals surface area (Å²) in [7, 11) is 3.08. The van der Waals surface area contributed by atoms with Crippen LogP contribution in [0.5, 0.6) is 11.5 Å². The number of carbonyl (C=O) groups is 3. The summed E-state index contributed by atoms with van der Waals surface area (Å²) < 4.78 is 73.9. The average Bonchev–Trinajstić information content (AvgIpc) is 1.64. The van der Waals surface area contributed by atoms with Crippen molar-refractivity contribution < 1.29 is 45.8 Å². The van der Waals surface area contributed by atoms with E-state index in [1.807, 2.05) is 198 Å². The Morgan fingerprint density at radius 1 is 0.415 bits per heavy atom. The van der Waals surface area contributed by atoms with Crippen molar-refractivity contribution in [3.05, 3.63) is 349 Å². The molecule has 130 heavy (non-hydrogen) atoms. The molecule has 11 aromatic heterocycles. The molecule has 0 atom stereocenters. The monoisotopic (exact) mass is 1800 g/mol. The second kappa shape index (κ2) is 41.9. The standard InChI is InChI=1S/C19H14FN3O2S.C17H14FN3OS.C17H15N3O2.C17H13N3O.2C14H8FN3S/c20-18-14(19(24)21-11-12-3-1-9-25-12)6-8-16-17(18)15(22-23-16)7-5-13-4-2-10-26-13;18-16-12(17(22)19-10-3-4-10)6-8-14-15(16)13(20-21-14)7-5-11-2-1-9-23-11;1-22-16-12(17(18)21)8-10-14-15(16)13(19-20-14)9-7-11-5-3-2-4-6-11;1-21-17-13(11-18)8-10-15-16(17)14(19-20-15)9-7-12-5-3-2-4-6-12;2*15-14-9(8-16)3-5-11-13(14)12(18-17-11)6-4-10-2-1-7-19-10/h1-10H,11H2,(H,21,24)(H,22,23);1-2,5-10H,3-4H2,(H,19,22)(H,20,21);2-10H,1H3,(H2,18,21)(H,19,20);2-10H,1H3,(H,19,20);2*1-7H,(H,17,18)/b2*7-5+;2*9-7+;6-4+;6-4-. The molecule has 20 rings (SSSR count). The number of nitrogens with two attached hydrogens (primary N) is 1. The van der Waals surface area contributed by atoms with Crippen molar-refractivity contribution >= 4 is 201 Å². The number of fused-ring (bicyclic) bond motifs is 6. The van der Waals surface area contributed by atoms with Crippen LogP contribution in [0.4, 0.5) is 17.6 Å². The minimum absolute atomic E-state index is 0.0275. The Bertz CT molecular complexity index is 7410. The van der Waals surface area contributed by atoms with E-state index in [0.717, 1.165) is 76.7 Å². The number of aromatic amines is 6. The minimum atomic E-state index is -0.598. The number of rotatable bonds is 20. The molecule has 0 bridgehead atoms. The smallest absolute Gasteiger partial charge is 0.254 e. The molecule has 1 aliphatic rings. The van der Waals surface area contributed by atoms with Crippen LogP contribution in [0.1, 0.15) is 131 Å². The average molecular weight is 1800 g/mol. The van der Waals surface area contributed by atoms with E-state index in [1.165, 1.54) is 37.6 Å². The summed E-state index contributed by atoms with van der Waals surface area (Å²) in [6.45, 7) is 0.194. The second-order valence-corrected chi connectivity index (χ2v) is 32.2. The first-order chi connectivity index (χ1) is 63.6. The Balaban J connectivity index is 0.000000120. The molecule has 1 saturated carbocycles. The first-order valence-electron chi connectivity index (χ1n) is 39.8. The number of hydrogen-bond acceptors (Lipinski definition) is 19. The lowest BCUT2D eigenvalue weighted by molar-refractivity contribution is 0.0937. The highest BCUT2D eigenvalue weighted by Gasteiger charge is 2.27. The van der Waals surface area contributed by atoms with Gasteiger partial charge in [0.25, 0.3) is 17.7 Å². The number of halogens is 4. The molecule has 19 aromatic rings. The van der Waals surface area contributed by atoms with Gasteiger partial charge in [-0.25, -0.2) is 17.6 Å². The van der Waals surface area contributed by atoms with Gasteiger partial charge in [0.2, 0.25) is 0 Å². The number of amides is 3. The summed E-state index contributed by atoms with van der Waals surface area (Å²) in [6.07, 6.45) is 25.8. The van der Waals surface area contributed by atoms with Crippen LogP contribution in [0.15, 0.2) is 226 Å². The maximum absolute atomic E-state index is 15.0. The highest BCUT2D eigenvalue weighted by Crippen LogP contribution is 2.36. The number of benzene rings is 8. The Kier molecular flexibility index (Phi) is 28.4. The largest absolute Gasteiger partial charge is 0.495 e. The molecule has 1 aliphatic carbocycles. The van der Waals surface area contributed by atoms with Crippen molar-refractivity contribution in [3.63, 3.8) is 0 Å². The first kappa shape index (κ1) is 88.2. The summed E-state index contributed by atoms with van der Waals surface area (Å²) in [4.78, 5) is 40.3. The molecule has 10 N–H and O–H groups in total. The lowest BCUT2D eigenvalue weighted by Gasteiger charge is -2.07. The molecule has 24 nitrogen and oxygen atoms in total. The molecular weight excluding hydrogens is 1730 g/mol. The van der Waals surface area contributed by atoms with E-state index in [4.69, 9.17) is 35.4 Å². The van der Waals surface area contributed by atoms with Gasteiger partial charge in [0.15, 0.2) is 11.6 Å². The van der Waals surface area contributed by atoms with E-state index >= 15 is 0 Å². The van der Waals surface area contributed by atoms with Crippen LogP contribution in [0, 0.1) is 57.3 Å². The summed E-state index contributed by atoms with van der Waals surface area (Å²) >= 11 is 6.37. The van der Waals surface area contributed by atoms with Crippen molar-refractivity contribution in [2.24, 2.45) is 5.73 Å². The number of H-pyrrole nitrogens is 6. The third-order valence-electron chi connectivity index (χ3n) is 19.9. The minimum Gasteiger partial charge on any atom is -0.495 e. The number of nitrogens with one attached hydrogen (secondary N) is 8. The van der Waals surface area contributed by atoms with Crippen molar-refractivity contribution in [1.82, 2.24) is 71.8 Å². The van der Waals surface area contributed by atoms with E-state index < -0.39 is 35.1 Å². The third kappa shape index (κ3) is 20.9. The molecule has 642 valence electrons. The first-order valence-corrected chi connectivity index (χ1v) is 43.3. The predicted molar refractivity (Wildman–Crippen MR) is 506 cm³/mol. The highest BCUT2D eigenvalue weighted by atomic mass is 32.1. The van der Waals surface area contributed by atoms with Gasteiger partial charge in [-0.05, 0) is 215 Å². The molecule has 11 heterocycles. The molecule has 1 fully saturated rings. The lowest BCUT2D eigenvalue weighted by atomic mass is 10.1. The van der Waals surface area contributed by atoms with Crippen LogP contribution in [0.2, 0.25) is 0 Å². The zero-order chi connectivity index (χ0) is 90.4. The fourth-order valence-electron chi connectivity index (χ4n) is 13.4. The summed E-state index contributed by atoms with van der Waals surface area (Å²) in [5.41, 5.74) is 15.8. The summed E-state index contributed by atoms with van der Waals surface area (Å²) in [6, 6.07) is 64.3. The molecule has 0 saturated heterocycles. The van der Waals surface area contributed by atoms with Gasteiger partial charge in [-0.2, -0.15) is 46.4 Å². The maximum Gasteiger partial charge on any atom is 0.254 e. The third-order valence-corrected chi connectivity index (χ3v) is 23.3. The fourth-order valence-corrected chi connectivity index (χ4v) is 15.9. The zero-order valence-corrected chi connectivity index (χ0v) is 72.0. The molecule has 0 radical (unpaired) electrons. The van der Waals surface area contributed by atoms with Crippen molar-refractivity contribution in [1.29, 1.82) is 15.8 Å². The molecular formula is C98H72F4N18O6S4. The van der Waals surface area contributed by atoms with Gasteiger partial charge in [-0.15, -0.1) is 45.3 Å². The number of ether oxygens (including phenoxy) is 2. The van der Waals surface area contributed by atoms with Crippen LogP contribution in [-0.2, 0) is 6.54 Å². The van der Waals surface area contributed by atoms with Gasteiger partial charge >= 0.3 is 0 Å². The van der Waals surface area contributed by atoms with Crippen LogP contribution in [-0.4, -0.2) is 99.2 Å². The summed E-state index contributed by atoms with van der Waals surface area (Å²) in [5.74, 6) is -1.99. The number of nitriles is 3. The molecule has 0 spiro atoms. The molecule has 3 amide bonds. The SMILES string of the molecule is COc1c(C#N)ccc2[nH]nc(/C=C/c3ccccc3)c12.COc1c(C(N)=O)ccc2n[nH]c(/C=C/c3ccccc3)c12.N#Cc1ccc2n[nH]c(/C=C/c3cccs3)c2c1F.N#Cc1ccc2n[nH]c(/C=C\c3cccs3)c2c1F.O=C(NC1CC1)c1ccc2n[nH]c(/C=C/c3cccs3)c2c1F.O=C(NCc1ccco1)c1ccc2n[nH]c(/C=C/c3cccs3)c2c1F. The van der Waals surface area contributed by atoms with Gasteiger partial charge in [0.1, 0.15) is 47.1 Å². The van der Waals surface area contributed by atoms with E-state index in [9.17, 15) is 31.9 Å². The van der Waals surface area contributed by atoms with Gasteiger partial charge in [0.05, 0.1) is 160 Å². The lowest BCUT2D eigenvalue weighted by Crippen LogP contribution is -2.26. The Morgan fingerprint density at radius 2 is 0.808 bits per heavy atom. The topological polar surface area (TPSA) is 376 Å². The maximum atomic E-state index is 15.0. The Hall–Kier alpha value is -16.7. The van der Waals surface area contributed by atoms with E-state index in [0.29, 0.717) is 94.8 Å². The van der Waals surface area contributed by atoms with E-state index in [-0.39, 0.29) is 40.7 Å². The van der Waals surface area contributed by atoms with Crippen LogP contribution >= 0.6 is 45.3 Å². The zero-order valence-electron chi connectivity index (χ0n) is 68.7. The van der Waals surface area contributed by atoms with Gasteiger partial charge in [-0.3, -0.25) is 45.0 Å². The number of furan rings is 1. The number of methoxy groups -OCH3 is 2. The van der Waals surface area contributed by atoms with E-state index in [2.05, 4.69) is 77.9 Å². The van der Waals surface area contributed by atoms with Crippen LogP contribution in [0.3, 0.4) is 0 Å². The van der Waals surface area contributed by atoms with Gasteiger partial charge in [-0.1, -0.05) is 97.1 Å². The van der Waals surface area contributed by atoms with Crippen molar-refractivity contribution in [2.75, 3.05) is 14.2 Å². The second-order valence-electron chi connectivity index (χ2n) is 28.3. The number of carbonyl (C=O) groups excluding carboxylic acids is 3.